The number of hydrogen-bond donors (Lipinski definition) is 0. The van der Waals surface area contributed by atoms with Crippen molar-refractivity contribution in [3.8, 4) is 0 Å². The Labute approximate surface area is 112 Å². The number of rotatable bonds is 10. The molecule has 0 bridgehead atoms. The van der Waals surface area contributed by atoms with Crippen LogP contribution in [0, 0.1) is 23.7 Å². The molecule has 0 saturated heterocycles. The van der Waals surface area contributed by atoms with E-state index in [9.17, 15) is 0 Å². The molecule has 0 aliphatic heterocycles. The first kappa shape index (κ1) is 17.2. The van der Waals surface area contributed by atoms with Gasteiger partial charge >= 0.3 is 0 Å². The largest absolute Gasteiger partial charge is 0.428 e. The fourth-order valence-corrected chi connectivity index (χ4v) is 2.91. The maximum absolute atomic E-state index is 5.30. The molecule has 2 heteroatoms. The van der Waals surface area contributed by atoms with Crippen molar-refractivity contribution < 1.29 is 4.43 Å². The fourth-order valence-electron chi connectivity index (χ4n) is 2.68. The second kappa shape index (κ2) is 10.1. The van der Waals surface area contributed by atoms with Gasteiger partial charge in [0.15, 0.2) is 0 Å². The third-order valence-electron chi connectivity index (χ3n) is 4.56. The molecule has 0 saturated carbocycles. The van der Waals surface area contributed by atoms with Gasteiger partial charge in [-0.1, -0.05) is 53.9 Å². The Morgan fingerprint density at radius 1 is 0.882 bits per heavy atom. The monoisotopic (exact) mass is 258 g/mol. The van der Waals surface area contributed by atoms with Gasteiger partial charge in [0.2, 0.25) is 0 Å². The molecule has 0 aromatic heterocycles. The second-order valence-electron chi connectivity index (χ2n) is 5.90. The first-order valence-electron chi connectivity index (χ1n) is 7.55. The summed E-state index contributed by atoms with van der Waals surface area (Å²) < 4.78 is 5.30. The molecule has 0 spiro atoms. The Balaban J connectivity index is 4.07. The van der Waals surface area contributed by atoms with E-state index in [1.165, 1.54) is 32.1 Å². The summed E-state index contributed by atoms with van der Waals surface area (Å²) in [6.07, 6.45) is 6.69. The summed E-state index contributed by atoms with van der Waals surface area (Å²) in [5.41, 5.74) is 0. The van der Waals surface area contributed by atoms with Gasteiger partial charge in [0.05, 0.1) is 0 Å². The lowest BCUT2D eigenvalue weighted by Gasteiger charge is -2.29. The average Bonchev–Trinajstić information content (AvgIpc) is 2.35. The minimum absolute atomic E-state index is 0.833. The Morgan fingerprint density at radius 3 is 1.82 bits per heavy atom. The molecule has 0 amide bonds. The van der Waals surface area contributed by atoms with Gasteiger partial charge in [0.1, 0.15) is 10.5 Å². The highest BCUT2D eigenvalue weighted by Crippen LogP contribution is 2.31. The van der Waals surface area contributed by atoms with Gasteiger partial charge in [0, 0.05) is 6.61 Å². The molecule has 3 atom stereocenters. The Kier molecular flexibility index (Phi) is 10.2. The molecule has 0 aliphatic rings. The van der Waals surface area contributed by atoms with Crippen molar-refractivity contribution in [3.05, 3.63) is 0 Å². The molecule has 0 aromatic rings. The van der Waals surface area contributed by atoms with Crippen molar-refractivity contribution in [2.24, 2.45) is 23.7 Å². The molecular formula is C15H34OSi. The zero-order chi connectivity index (χ0) is 13.3. The van der Waals surface area contributed by atoms with Crippen LogP contribution in [-0.2, 0) is 4.43 Å². The van der Waals surface area contributed by atoms with Gasteiger partial charge in [-0.15, -0.1) is 0 Å². The summed E-state index contributed by atoms with van der Waals surface area (Å²) in [5.74, 6) is 3.52. The van der Waals surface area contributed by atoms with Crippen LogP contribution in [0.5, 0.6) is 0 Å². The molecule has 0 radical (unpaired) electrons. The topological polar surface area (TPSA) is 9.23 Å². The lowest BCUT2D eigenvalue weighted by molar-refractivity contribution is 0.206. The Hall–Kier alpha value is 0.177. The normalized spacial score (nSPS) is 18.9. The SMILES string of the molecule is CCC(C)C(CCC(C)CCO[SiH3])C(C)CC. The molecule has 0 fully saturated rings. The molecule has 1 nitrogen and oxygen atoms in total. The van der Waals surface area contributed by atoms with Gasteiger partial charge in [-0.2, -0.15) is 0 Å². The molecule has 0 heterocycles. The highest BCUT2D eigenvalue weighted by atomic mass is 28.2. The molecular weight excluding hydrogens is 224 g/mol. The summed E-state index contributed by atoms with van der Waals surface area (Å²) in [6, 6.07) is 0. The van der Waals surface area contributed by atoms with Gasteiger partial charge in [-0.25, -0.2) is 0 Å². The van der Waals surface area contributed by atoms with Crippen LogP contribution in [0.1, 0.15) is 66.7 Å². The van der Waals surface area contributed by atoms with Gasteiger partial charge in [0.25, 0.3) is 0 Å². The van der Waals surface area contributed by atoms with E-state index in [1.54, 1.807) is 0 Å². The maximum atomic E-state index is 5.30. The van der Waals surface area contributed by atoms with Crippen molar-refractivity contribution in [3.63, 3.8) is 0 Å². The summed E-state index contributed by atoms with van der Waals surface area (Å²) in [5, 5.41) is 0. The quantitative estimate of drug-likeness (QED) is 0.542. The van der Waals surface area contributed by atoms with Crippen molar-refractivity contribution in [2.75, 3.05) is 6.61 Å². The van der Waals surface area contributed by atoms with E-state index in [-0.39, 0.29) is 0 Å². The van der Waals surface area contributed by atoms with Crippen LogP contribution in [0.25, 0.3) is 0 Å². The highest BCUT2D eigenvalue weighted by Gasteiger charge is 2.21. The maximum Gasteiger partial charge on any atom is 0.145 e. The first-order valence-corrected chi connectivity index (χ1v) is 8.37. The Morgan fingerprint density at radius 2 is 1.41 bits per heavy atom. The van der Waals surface area contributed by atoms with Crippen LogP contribution in [0.3, 0.4) is 0 Å². The van der Waals surface area contributed by atoms with Crippen molar-refractivity contribution in [1.29, 1.82) is 0 Å². The van der Waals surface area contributed by atoms with Gasteiger partial charge < -0.3 is 4.43 Å². The average molecular weight is 259 g/mol. The molecule has 104 valence electrons. The first-order chi connectivity index (χ1) is 8.06. The van der Waals surface area contributed by atoms with E-state index >= 15 is 0 Å². The van der Waals surface area contributed by atoms with Crippen LogP contribution in [0.15, 0.2) is 0 Å². The zero-order valence-corrected chi connectivity index (χ0v) is 15.0. The third kappa shape index (κ3) is 7.25. The smallest absolute Gasteiger partial charge is 0.145 e. The van der Waals surface area contributed by atoms with Gasteiger partial charge in [-0.3, -0.25) is 0 Å². The zero-order valence-electron chi connectivity index (χ0n) is 13.0. The lowest BCUT2D eigenvalue weighted by atomic mass is 9.76. The van der Waals surface area contributed by atoms with Crippen molar-refractivity contribution in [1.82, 2.24) is 0 Å². The standard InChI is InChI=1S/C15H34OSi/c1-6-13(4)15(14(5)7-2)9-8-12(3)10-11-16-17/h12-15H,6-11H2,1-5,17H3. The minimum atomic E-state index is 0.833. The summed E-state index contributed by atoms with van der Waals surface area (Å²) in [4.78, 5) is 0. The predicted molar refractivity (Wildman–Crippen MR) is 81.3 cm³/mol. The molecule has 0 rings (SSSR count). The molecule has 0 aliphatic carbocycles. The second-order valence-corrected chi connectivity index (χ2v) is 6.48. The van der Waals surface area contributed by atoms with E-state index in [2.05, 4.69) is 34.6 Å². The van der Waals surface area contributed by atoms with Crippen molar-refractivity contribution in [2.45, 2.75) is 66.7 Å². The highest BCUT2D eigenvalue weighted by molar-refractivity contribution is 5.97. The van der Waals surface area contributed by atoms with E-state index in [0.29, 0.717) is 0 Å². The lowest BCUT2D eigenvalue weighted by Crippen LogP contribution is -2.20. The molecule has 0 aromatic carbocycles. The minimum Gasteiger partial charge on any atom is -0.428 e. The van der Waals surface area contributed by atoms with E-state index in [0.717, 1.165) is 40.8 Å². The Bertz CT molecular complexity index is 162. The van der Waals surface area contributed by atoms with Crippen LogP contribution in [0.2, 0.25) is 0 Å². The van der Waals surface area contributed by atoms with Crippen LogP contribution in [-0.4, -0.2) is 17.1 Å². The third-order valence-corrected chi connectivity index (χ3v) is 4.97. The summed E-state index contributed by atoms with van der Waals surface area (Å²) in [7, 11) is 0.890. The van der Waals surface area contributed by atoms with E-state index in [1.807, 2.05) is 0 Å². The van der Waals surface area contributed by atoms with E-state index in [4.69, 9.17) is 4.43 Å². The fraction of sp³-hybridized carbons (Fsp3) is 1.00. The van der Waals surface area contributed by atoms with Crippen LogP contribution >= 0.6 is 0 Å². The molecule has 0 N–H and O–H groups in total. The number of hydrogen-bond acceptors (Lipinski definition) is 1. The van der Waals surface area contributed by atoms with E-state index < -0.39 is 0 Å². The van der Waals surface area contributed by atoms with Crippen LogP contribution < -0.4 is 0 Å². The van der Waals surface area contributed by atoms with Gasteiger partial charge in [-0.05, 0) is 36.5 Å². The molecule has 3 unspecified atom stereocenters. The van der Waals surface area contributed by atoms with Crippen molar-refractivity contribution >= 4 is 10.5 Å². The predicted octanol–water partition coefficient (Wildman–Crippen LogP) is 3.80. The van der Waals surface area contributed by atoms with Crippen LogP contribution in [0.4, 0.5) is 0 Å². The summed E-state index contributed by atoms with van der Waals surface area (Å²) >= 11 is 0. The summed E-state index contributed by atoms with van der Waals surface area (Å²) in [6.45, 7) is 12.9. The molecule has 17 heavy (non-hydrogen) atoms.